The van der Waals surface area contributed by atoms with E-state index >= 15 is 0 Å². The summed E-state index contributed by atoms with van der Waals surface area (Å²) in [7, 11) is 3.80. The molecule has 18 heavy (non-hydrogen) atoms. The van der Waals surface area contributed by atoms with Crippen molar-refractivity contribution in [3.05, 3.63) is 18.2 Å². The molecule has 0 saturated heterocycles. The number of ether oxygens (including phenoxy) is 1. The van der Waals surface area contributed by atoms with Gasteiger partial charge >= 0.3 is 0 Å². The fourth-order valence-electron chi connectivity index (χ4n) is 1.75. The molecular weight excluding hydrogens is 226 g/mol. The summed E-state index contributed by atoms with van der Waals surface area (Å²) in [6, 6.07) is 6.31. The second kappa shape index (κ2) is 7.11. The first-order valence-corrected chi connectivity index (χ1v) is 6.45. The van der Waals surface area contributed by atoms with Gasteiger partial charge in [0.25, 0.3) is 0 Å². The van der Waals surface area contributed by atoms with E-state index < -0.39 is 0 Å². The van der Waals surface area contributed by atoms with Gasteiger partial charge in [0.05, 0.1) is 7.11 Å². The second-order valence-electron chi connectivity index (χ2n) is 4.66. The Balaban J connectivity index is 2.46. The summed E-state index contributed by atoms with van der Waals surface area (Å²) in [5, 5.41) is 3.37. The van der Waals surface area contributed by atoms with Gasteiger partial charge in [0.15, 0.2) is 0 Å². The Morgan fingerprint density at radius 3 is 2.72 bits per heavy atom. The molecule has 0 amide bonds. The van der Waals surface area contributed by atoms with Gasteiger partial charge in [0.2, 0.25) is 0 Å². The molecule has 0 aliphatic heterocycles. The highest BCUT2D eigenvalue weighted by atomic mass is 16.5. The monoisotopic (exact) mass is 251 g/mol. The van der Waals surface area contributed by atoms with Gasteiger partial charge < -0.3 is 20.7 Å². The van der Waals surface area contributed by atoms with Gasteiger partial charge in [-0.2, -0.15) is 0 Å². The molecule has 1 atom stereocenters. The van der Waals surface area contributed by atoms with E-state index in [0.717, 1.165) is 24.5 Å². The third kappa shape index (κ3) is 4.45. The van der Waals surface area contributed by atoms with Crippen LogP contribution in [0.2, 0.25) is 0 Å². The number of nitrogen functional groups attached to an aromatic ring is 1. The molecule has 0 heterocycles. The van der Waals surface area contributed by atoms with Gasteiger partial charge in [-0.05, 0) is 26.5 Å². The zero-order valence-corrected chi connectivity index (χ0v) is 11.9. The van der Waals surface area contributed by atoms with Crippen LogP contribution in [0.3, 0.4) is 0 Å². The number of anilines is 2. The molecule has 0 aliphatic rings. The highest BCUT2D eigenvalue weighted by Crippen LogP contribution is 2.21. The van der Waals surface area contributed by atoms with Crippen LogP contribution in [0.4, 0.5) is 11.4 Å². The summed E-state index contributed by atoms with van der Waals surface area (Å²) in [6.07, 6.45) is 1.17. The first-order chi connectivity index (χ1) is 8.56. The summed E-state index contributed by atoms with van der Waals surface area (Å²) in [5.74, 6) is 0.785. The molecule has 1 aromatic carbocycles. The number of nitrogens with zero attached hydrogens (tertiary/aromatic N) is 1. The van der Waals surface area contributed by atoms with Gasteiger partial charge in [-0.15, -0.1) is 0 Å². The van der Waals surface area contributed by atoms with Gasteiger partial charge in [-0.1, -0.05) is 6.92 Å². The highest BCUT2D eigenvalue weighted by molar-refractivity contribution is 5.59. The molecule has 0 bridgehead atoms. The standard InChI is InChI=1S/C14H25N3O/c1-5-11(2)17(3)7-6-16-13-8-12(15)9-14(10-13)18-4/h8-11,16H,5-7,15H2,1-4H3. The summed E-state index contributed by atoms with van der Waals surface area (Å²) >= 11 is 0. The first-order valence-electron chi connectivity index (χ1n) is 6.45. The molecule has 4 nitrogen and oxygen atoms in total. The summed E-state index contributed by atoms with van der Waals surface area (Å²) in [5.41, 5.74) is 7.52. The van der Waals surface area contributed by atoms with Crippen molar-refractivity contribution in [1.82, 2.24) is 4.90 Å². The van der Waals surface area contributed by atoms with Crippen molar-refractivity contribution in [3.63, 3.8) is 0 Å². The number of likely N-dealkylation sites (N-methyl/N-ethyl adjacent to an activating group) is 1. The lowest BCUT2D eigenvalue weighted by Crippen LogP contribution is -2.32. The molecule has 1 aromatic rings. The van der Waals surface area contributed by atoms with Crippen molar-refractivity contribution in [2.24, 2.45) is 0 Å². The average molecular weight is 251 g/mol. The highest BCUT2D eigenvalue weighted by Gasteiger charge is 2.05. The number of hydrogen-bond acceptors (Lipinski definition) is 4. The van der Waals surface area contributed by atoms with Crippen LogP contribution in [0, 0.1) is 0 Å². The zero-order chi connectivity index (χ0) is 13.5. The second-order valence-corrected chi connectivity index (χ2v) is 4.66. The molecule has 102 valence electrons. The predicted molar refractivity (Wildman–Crippen MR) is 78.3 cm³/mol. The van der Waals surface area contributed by atoms with E-state index in [1.807, 2.05) is 18.2 Å². The fourth-order valence-corrected chi connectivity index (χ4v) is 1.75. The normalized spacial score (nSPS) is 12.5. The summed E-state index contributed by atoms with van der Waals surface area (Å²) < 4.78 is 5.19. The Morgan fingerprint density at radius 1 is 1.39 bits per heavy atom. The quantitative estimate of drug-likeness (QED) is 0.731. The third-order valence-corrected chi connectivity index (χ3v) is 3.30. The topological polar surface area (TPSA) is 50.5 Å². The molecule has 0 saturated carbocycles. The maximum absolute atomic E-state index is 5.81. The average Bonchev–Trinajstić information content (AvgIpc) is 2.36. The Kier molecular flexibility index (Phi) is 5.78. The van der Waals surface area contributed by atoms with Crippen LogP contribution in [0.15, 0.2) is 18.2 Å². The largest absolute Gasteiger partial charge is 0.497 e. The minimum absolute atomic E-state index is 0.613. The summed E-state index contributed by atoms with van der Waals surface area (Å²) in [4.78, 5) is 2.34. The first kappa shape index (κ1) is 14.6. The predicted octanol–water partition coefficient (Wildman–Crippen LogP) is 2.42. The number of nitrogens with two attached hydrogens (primary N) is 1. The SMILES string of the molecule is CCC(C)N(C)CCNc1cc(N)cc(OC)c1. The lowest BCUT2D eigenvalue weighted by atomic mass is 10.2. The molecule has 4 heteroatoms. The zero-order valence-electron chi connectivity index (χ0n) is 11.9. The fraction of sp³-hybridized carbons (Fsp3) is 0.571. The van der Waals surface area contributed by atoms with Gasteiger partial charge in [0.1, 0.15) is 5.75 Å². The van der Waals surface area contributed by atoms with E-state index in [1.165, 1.54) is 6.42 Å². The molecule has 0 aliphatic carbocycles. The van der Waals surface area contributed by atoms with Gasteiger partial charge in [0, 0.05) is 42.6 Å². The van der Waals surface area contributed by atoms with Gasteiger partial charge in [-0.3, -0.25) is 0 Å². The van der Waals surface area contributed by atoms with E-state index in [4.69, 9.17) is 10.5 Å². The molecule has 1 unspecified atom stereocenters. The third-order valence-electron chi connectivity index (χ3n) is 3.30. The molecule has 3 N–H and O–H groups in total. The smallest absolute Gasteiger partial charge is 0.122 e. The number of hydrogen-bond donors (Lipinski definition) is 2. The van der Waals surface area contributed by atoms with E-state index in [-0.39, 0.29) is 0 Å². The van der Waals surface area contributed by atoms with Crippen molar-refractivity contribution in [1.29, 1.82) is 0 Å². The number of rotatable bonds is 7. The minimum atomic E-state index is 0.613. The van der Waals surface area contributed by atoms with Crippen molar-refractivity contribution in [2.75, 3.05) is 38.3 Å². The van der Waals surface area contributed by atoms with Crippen LogP contribution in [0.1, 0.15) is 20.3 Å². The Labute approximate surface area is 110 Å². The van der Waals surface area contributed by atoms with Gasteiger partial charge in [-0.25, -0.2) is 0 Å². The van der Waals surface area contributed by atoms with Crippen LogP contribution in [0.25, 0.3) is 0 Å². The van der Waals surface area contributed by atoms with Crippen molar-refractivity contribution >= 4 is 11.4 Å². The number of nitrogens with one attached hydrogen (secondary N) is 1. The molecule has 1 rings (SSSR count). The molecule has 0 radical (unpaired) electrons. The van der Waals surface area contributed by atoms with Crippen LogP contribution in [0.5, 0.6) is 5.75 Å². The van der Waals surface area contributed by atoms with E-state index in [2.05, 4.69) is 31.1 Å². The van der Waals surface area contributed by atoms with Crippen molar-refractivity contribution in [2.45, 2.75) is 26.3 Å². The summed E-state index contributed by atoms with van der Waals surface area (Å²) in [6.45, 7) is 6.35. The molecule has 0 aromatic heterocycles. The van der Waals surface area contributed by atoms with Crippen molar-refractivity contribution in [3.8, 4) is 5.75 Å². The lowest BCUT2D eigenvalue weighted by Gasteiger charge is -2.23. The molecular formula is C14H25N3O. The lowest BCUT2D eigenvalue weighted by molar-refractivity contribution is 0.261. The Morgan fingerprint density at radius 2 is 2.11 bits per heavy atom. The Bertz CT molecular complexity index is 368. The molecule has 0 spiro atoms. The van der Waals surface area contributed by atoms with E-state index in [1.54, 1.807) is 7.11 Å². The molecule has 0 fully saturated rings. The van der Waals surface area contributed by atoms with Crippen LogP contribution < -0.4 is 15.8 Å². The van der Waals surface area contributed by atoms with Crippen LogP contribution >= 0.6 is 0 Å². The van der Waals surface area contributed by atoms with E-state index in [9.17, 15) is 0 Å². The maximum Gasteiger partial charge on any atom is 0.122 e. The number of methoxy groups -OCH3 is 1. The van der Waals surface area contributed by atoms with E-state index in [0.29, 0.717) is 11.7 Å². The number of benzene rings is 1. The van der Waals surface area contributed by atoms with Crippen LogP contribution in [-0.4, -0.2) is 38.2 Å². The Hall–Kier alpha value is -1.42. The van der Waals surface area contributed by atoms with Crippen molar-refractivity contribution < 1.29 is 4.74 Å². The van der Waals surface area contributed by atoms with Crippen LogP contribution in [-0.2, 0) is 0 Å². The minimum Gasteiger partial charge on any atom is -0.497 e. The maximum atomic E-state index is 5.81.